The number of rotatable bonds is 3. The normalized spacial score (nSPS) is 9.83. The summed E-state index contributed by atoms with van der Waals surface area (Å²) in [5, 5.41) is 3.39. The van der Waals surface area contributed by atoms with Gasteiger partial charge in [0, 0.05) is 6.54 Å². The molecule has 0 aliphatic rings. The predicted octanol–water partition coefficient (Wildman–Crippen LogP) is 1.53. The molecule has 0 aliphatic carbocycles. The molecule has 0 unspecified atom stereocenters. The Morgan fingerprint density at radius 3 is 3.00 bits per heavy atom. The standard InChI is InChI=1S/C7H11ClN4/c1-2-3-10-7-11-4-5(8)6(9)12-7/h4H,2-3H2,1H3,(H3,9,10,11,12). The summed E-state index contributed by atoms with van der Waals surface area (Å²) in [4.78, 5) is 7.88. The van der Waals surface area contributed by atoms with Crippen LogP contribution in [-0.2, 0) is 0 Å². The number of nitrogens with two attached hydrogens (primary N) is 1. The molecule has 0 saturated carbocycles. The van der Waals surface area contributed by atoms with E-state index in [1.54, 1.807) is 0 Å². The number of anilines is 2. The van der Waals surface area contributed by atoms with Crippen molar-refractivity contribution in [2.75, 3.05) is 17.6 Å². The highest BCUT2D eigenvalue weighted by Gasteiger charge is 1.99. The number of nitrogen functional groups attached to an aromatic ring is 1. The van der Waals surface area contributed by atoms with Gasteiger partial charge in [0.05, 0.1) is 6.20 Å². The summed E-state index contributed by atoms with van der Waals surface area (Å²) in [6.45, 7) is 2.90. The van der Waals surface area contributed by atoms with Crippen LogP contribution in [0.5, 0.6) is 0 Å². The van der Waals surface area contributed by atoms with Gasteiger partial charge in [-0.25, -0.2) is 4.98 Å². The Balaban J connectivity index is 2.69. The lowest BCUT2D eigenvalue weighted by Gasteiger charge is -2.03. The van der Waals surface area contributed by atoms with Crippen LogP contribution in [0.2, 0.25) is 5.02 Å². The van der Waals surface area contributed by atoms with Gasteiger partial charge < -0.3 is 11.1 Å². The van der Waals surface area contributed by atoms with E-state index in [0.717, 1.165) is 13.0 Å². The van der Waals surface area contributed by atoms with E-state index in [4.69, 9.17) is 17.3 Å². The number of hydrogen-bond acceptors (Lipinski definition) is 4. The van der Waals surface area contributed by atoms with E-state index in [0.29, 0.717) is 16.8 Å². The molecule has 3 N–H and O–H groups in total. The van der Waals surface area contributed by atoms with Crippen LogP contribution >= 0.6 is 11.6 Å². The number of hydrogen-bond donors (Lipinski definition) is 2. The summed E-state index contributed by atoms with van der Waals surface area (Å²) in [6, 6.07) is 0. The van der Waals surface area contributed by atoms with E-state index in [-0.39, 0.29) is 0 Å². The lowest BCUT2D eigenvalue weighted by molar-refractivity contribution is 0.953. The Hall–Kier alpha value is -1.03. The van der Waals surface area contributed by atoms with Gasteiger partial charge in [-0.2, -0.15) is 4.98 Å². The average Bonchev–Trinajstić information content (AvgIpc) is 2.07. The first-order valence-electron chi connectivity index (χ1n) is 3.76. The van der Waals surface area contributed by atoms with Gasteiger partial charge in [-0.15, -0.1) is 0 Å². The maximum absolute atomic E-state index is 5.64. The fourth-order valence-corrected chi connectivity index (χ4v) is 0.793. The van der Waals surface area contributed by atoms with Crippen LogP contribution in [0, 0.1) is 0 Å². The molecular formula is C7H11ClN4. The number of halogens is 1. The SMILES string of the molecule is CCCNc1ncc(Cl)c(N)n1. The first-order chi connectivity index (χ1) is 5.74. The van der Waals surface area contributed by atoms with Gasteiger partial charge in [0.2, 0.25) is 5.95 Å². The highest BCUT2D eigenvalue weighted by molar-refractivity contribution is 6.32. The average molecular weight is 187 g/mol. The topological polar surface area (TPSA) is 63.8 Å². The van der Waals surface area contributed by atoms with Crippen LogP contribution in [-0.4, -0.2) is 16.5 Å². The molecule has 0 radical (unpaired) electrons. The summed E-state index contributed by atoms with van der Waals surface area (Å²) in [7, 11) is 0. The van der Waals surface area contributed by atoms with Gasteiger partial charge in [0.15, 0.2) is 0 Å². The van der Waals surface area contributed by atoms with E-state index in [1.165, 1.54) is 6.20 Å². The van der Waals surface area contributed by atoms with E-state index in [2.05, 4.69) is 22.2 Å². The van der Waals surface area contributed by atoms with Gasteiger partial charge in [-0.1, -0.05) is 18.5 Å². The molecule has 4 nitrogen and oxygen atoms in total. The van der Waals surface area contributed by atoms with Crippen LogP contribution < -0.4 is 11.1 Å². The van der Waals surface area contributed by atoms with Crippen LogP contribution in [0.3, 0.4) is 0 Å². The molecule has 66 valence electrons. The molecule has 12 heavy (non-hydrogen) atoms. The second-order valence-electron chi connectivity index (χ2n) is 2.35. The Morgan fingerprint density at radius 1 is 1.67 bits per heavy atom. The Kier molecular flexibility index (Phi) is 3.10. The molecule has 0 fully saturated rings. The van der Waals surface area contributed by atoms with Gasteiger partial charge >= 0.3 is 0 Å². The van der Waals surface area contributed by atoms with Gasteiger partial charge in [0.1, 0.15) is 10.8 Å². The first-order valence-corrected chi connectivity index (χ1v) is 4.13. The maximum atomic E-state index is 5.64. The van der Waals surface area contributed by atoms with E-state index in [9.17, 15) is 0 Å². The second kappa shape index (κ2) is 4.11. The minimum absolute atomic E-state index is 0.310. The summed E-state index contributed by atoms with van der Waals surface area (Å²) in [5.41, 5.74) is 5.47. The van der Waals surface area contributed by atoms with Crippen LogP contribution in [0.4, 0.5) is 11.8 Å². The molecule has 0 aliphatic heterocycles. The largest absolute Gasteiger partial charge is 0.382 e. The van der Waals surface area contributed by atoms with E-state index in [1.807, 2.05) is 0 Å². The molecule has 0 spiro atoms. The molecule has 5 heteroatoms. The molecule has 0 saturated heterocycles. The van der Waals surface area contributed by atoms with E-state index >= 15 is 0 Å². The first kappa shape index (κ1) is 9.06. The Labute approximate surface area is 76.2 Å². The molecule has 1 rings (SSSR count). The lowest BCUT2D eigenvalue weighted by atomic mass is 10.5. The maximum Gasteiger partial charge on any atom is 0.224 e. The quantitative estimate of drug-likeness (QED) is 0.752. The lowest BCUT2D eigenvalue weighted by Crippen LogP contribution is -2.05. The molecule has 1 aromatic rings. The summed E-state index contributed by atoms with van der Waals surface area (Å²) < 4.78 is 0. The van der Waals surface area contributed by atoms with Crippen molar-refractivity contribution in [1.82, 2.24) is 9.97 Å². The van der Waals surface area contributed by atoms with E-state index < -0.39 is 0 Å². The highest BCUT2D eigenvalue weighted by Crippen LogP contribution is 2.14. The summed E-state index contributed by atoms with van der Waals surface area (Å²) in [6.07, 6.45) is 2.51. The molecule has 0 atom stereocenters. The zero-order valence-corrected chi connectivity index (χ0v) is 7.60. The Bertz CT molecular complexity index is 264. The van der Waals surface area contributed by atoms with Crippen molar-refractivity contribution in [3.8, 4) is 0 Å². The van der Waals surface area contributed by atoms with Crippen LogP contribution in [0.1, 0.15) is 13.3 Å². The third-order valence-corrected chi connectivity index (χ3v) is 1.60. The molecular weight excluding hydrogens is 176 g/mol. The number of aromatic nitrogens is 2. The summed E-state index contributed by atoms with van der Waals surface area (Å²) >= 11 is 5.64. The monoisotopic (exact) mass is 186 g/mol. The Morgan fingerprint density at radius 2 is 2.42 bits per heavy atom. The van der Waals surface area contributed by atoms with Crippen molar-refractivity contribution in [1.29, 1.82) is 0 Å². The minimum atomic E-state index is 0.310. The van der Waals surface area contributed by atoms with Crippen molar-refractivity contribution in [2.24, 2.45) is 0 Å². The van der Waals surface area contributed by atoms with Crippen molar-refractivity contribution >= 4 is 23.4 Å². The fourth-order valence-electron chi connectivity index (χ4n) is 0.702. The van der Waals surface area contributed by atoms with Crippen LogP contribution in [0.15, 0.2) is 6.20 Å². The zero-order valence-electron chi connectivity index (χ0n) is 6.84. The van der Waals surface area contributed by atoms with Crippen molar-refractivity contribution in [3.63, 3.8) is 0 Å². The zero-order chi connectivity index (χ0) is 8.97. The van der Waals surface area contributed by atoms with Gasteiger partial charge in [0.25, 0.3) is 0 Å². The molecule has 1 aromatic heterocycles. The molecule has 0 bridgehead atoms. The number of nitrogens with one attached hydrogen (secondary N) is 1. The second-order valence-corrected chi connectivity index (χ2v) is 2.76. The van der Waals surface area contributed by atoms with Crippen LogP contribution in [0.25, 0.3) is 0 Å². The summed E-state index contributed by atoms with van der Waals surface area (Å²) in [5.74, 6) is 0.837. The van der Waals surface area contributed by atoms with Gasteiger partial charge in [-0.05, 0) is 6.42 Å². The highest BCUT2D eigenvalue weighted by atomic mass is 35.5. The molecule has 0 aromatic carbocycles. The third kappa shape index (κ3) is 2.23. The smallest absolute Gasteiger partial charge is 0.224 e. The van der Waals surface area contributed by atoms with Gasteiger partial charge in [-0.3, -0.25) is 0 Å². The number of nitrogens with zero attached hydrogens (tertiary/aromatic N) is 2. The minimum Gasteiger partial charge on any atom is -0.382 e. The molecule has 1 heterocycles. The fraction of sp³-hybridized carbons (Fsp3) is 0.429. The third-order valence-electron chi connectivity index (χ3n) is 1.30. The van der Waals surface area contributed by atoms with Crippen molar-refractivity contribution < 1.29 is 0 Å². The van der Waals surface area contributed by atoms with Crippen molar-refractivity contribution in [3.05, 3.63) is 11.2 Å². The van der Waals surface area contributed by atoms with Crippen molar-refractivity contribution in [2.45, 2.75) is 13.3 Å². The molecule has 0 amide bonds. The predicted molar refractivity (Wildman–Crippen MR) is 50.2 cm³/mol.